The standard InChI is InChI=1S/C14H25N3O/c1-6-15-13-11(4)14(17-12(5)16-13)18-9-7-8-10(2)3/h10H,6-9H2,1-5H3,(H,15,16,17). The Morgan fingerprint density at radius 3 is 2.56 bits per heavy atom. The van der Waals surface area contributed by atoms with Gasteiger partial charge in [0.25, 0.3) is 0 Å². The zero-order valence-electron chi connectivity index (χ0n) is 12.2. The number of nitrogens with zero attached hydrogens (tertiary/aromatic N) is 2. The fourth-order valence-corrected chi connectivity index (χ4v) is 1.74. The molecule has 0 aliphatic rings. The maximum Gasteiger partial charge on any atom is 0.221 e. The molecule has 0 saturated heterocycles. The van der Waals surface area contributed by atoms with E-state index >= 15 is 0 Å². The summed E-state index contributed by atoms with van der Waals surface area (Å²) < 4.78 is 5.76. The summed E-state index contributed by atoms with van der Waals surface area (Å²) in [7, 11) is 0. The quantitative estimate of drug-likeness (QED) is 0.755. The van der Waals surface area contributed by atoms with Crippen molar-refractivity contribution in [3.05, 3.63) is 11.4 Å². The molecule has 1 N–H and O–H groups in total. The van der Waals surface area contributed by atoms with Gasteiger partial charge >= 0.3 is 0 Å². The number of hydrogen-bond donors (Lipinski definition) is 1. The highest BCUT2D eigenvalue weighted by Gasteiger charge is 2.09. The van der Waals surface area contributed by atoms with Gasteiger partial charge in [-0.05, 0) is 39.5 Å². The first kappa shape index (κ1) is 14.7. The highest BCUT2D eigenvalue weighted by molar-refractivity contribution is 5.48. The van der Waals surface area contributed by atoms with E-state index in [1.165, 1.54) is 6.42 Å². The second-order valence-corrected chi connectivity index (χ2v) is 4.96. The lowest BCUT2D eigenvalue weighted by Crippen LogP contribution is -2.08. The van der Waals surface area contributed by atoms with E-state index < -0.39 is 0 Å². The first-order valence-electron chi connectivity index (χ1n) is 6.76. The molecule has 0 aliphatic carbocycles. The van der Waals surface area contributed by atoms with Crippen molar-refractivity contribution in [2.45, 2.75) is 47.5 Å². The van der Waals surface area contributed by atoms with Gasteiger partial charge in [0.2, 0.25) is 5.88 Å². The van der Waals surface area contributed by atoms with Crippen molar-refractivity contribution in [2.75, 3.05) is 18.5 Å². The number of aromatic nitrogens is 2. The van der Waals surface area contributed by atoms with E-state index in [9.17, 15) is 0 Å². The highest BCUT2D eigenvalue weighted by atomic mass is 16.5. The Kier molecular flexibility index (Phi) is 5.89. The summed E-state index contributed by atoms with van der Waals surface area (Å²) in [5.41, 5.74) is 0.993. The lowest BCUT2D eigenvalue weighted by Gasteiger charge is -2.13. The van der Waals surface area contributed by atoms with Crippen LogP contribution in [0.4, 0.5) is 5.82 Å². The Labute approximate surface area is 110 Å². The van der Waals surface area contributed by atoms with Gasteiger partial charge in [-0.3, -0.25) is 0 Å². The lowest BCUT2D eigenvalue weighted by atomic mass is 10.1. The van der Waals surface area contributed by atoms with Crippen LogP contribution in [0.3, 0.4) is 0 Å². The molecule has 0 spiro atoms. The first-order chi connectivity index (χ1) is 8.54. The summed E-state index contributed by atoms with van der Waals surface area (Å²) in [5.74, 6) is 3.06. The third-order valence-corrected chi connectivity index (χ3v) is 2.72. The van der Waals surface area contributed by atoms with Crippen molar-refractivity contribution >= 4 is 5.82 Å². The number of ether oxygens (including phenoxy) is 1. The summed E-state index contributed by atoms with van der Waals surface area (Å²) >= 11 is 0. The molecule has 0 aliphatic heterocycles. The smallest absolute Gasteiger partial charge is 0.221 e. The van der Waals surface area contributed by atoms with Gasteiger partial charge in [0.15, 0.2) is 0 Å². The van der Waals surface area contributed by atoms with Crippen molar-refractivity contribution < 1.29 is 4.74 Å². The number of anilines is 1. The molecular formula is C14H25N3O. The molecule has 4 nitrogen and oxygen atoms in total. The average molecular weight is 251 g/mol. The summed E-state index contributed by atoms with van der Waals surface area (Å²) in [6.07, 6.45) is 2.25. The minimum absolute atomic E-state index is 0.710. The number of aryl methyl sites for hydroxylation is 1. The van der Waals surface area contributed by atoms with Crippen LogP contribution < -0.4 is 10.1 Å². The third kappa shape index (κ3) is 4.51. The Morgan fingerprint density at radius 2 is 1.94 bits per heavy atom. The van der Waals surface area contributed by atoms with Gasteiger partial charge in [0, 0.05) is 6.54 Å². The van der Waals surface area contributed by atoms with E-state index in [0.29, 0.717) is 5.88 Å². The minimum atomic E-state index is 0.710. The van der Waals surface area contributed by atoms with Gasteiger partial charge in [-0.15, -0.1) is 0 Å². The van der Waals surface area contributed by atoms with Crippen LogP contribution in [0.25, 0.3) is 0 Å². The van der Waals surface area contributed by atoms with E-state index in [2.05, 4.69) is 36.1 Å². The maximum absolute atomic E-state index is 5.76. The molecule has 0 fully saturated rings. The minimum Gasteiger partial charge on any atom is -0.477 e. The molecule has 18 heavy (non-hydrogen) atoms. The first-order valence-corrected chi connectivity index (χ1v) is 6.76. The normalized spacial score (nSPS) is 10.8. The van der Waals surface area contributed by atoms with Crippen molar-refractivity contribution in [2.24, 2.45) is 5.92 Å². The molecule has 102 valence electrons. The summed E-state index contributed by atoms with van der Waals surface area (Å²) in [6.45, 7) is 12.0. The molecule has 0 radical (unpaired) electrons. The van der Waals surface area contributed by atoms with E-state index in [1.54, 1.807) is 0 Å². The van der Waals surface area contributed by atoms with E-state index in [-0.39, 0.29) is 0 Å². The Bertz CT molecular complexity index is 378. The lowest BCUT2D eigenvalue weighted by molar-refractivity contribution is 0.284. The van der Waals surface area contributed by atoms with Crippen LogP contribution in [0.15, 0.2) is 0 Å². The van der Waals surface area contributed by atoms with Crippen LogP contribution in [0, 0.1) is 19.8 Å². The predicted octanol–water partition coefficient (Wildman–Crippen LogP) is 3.34. The monoisotopic (exact) mass is 251 g/mol. The molecular weight excluding hydrogens is 226 g/mol. The van der Waals surface area contributed by atoms with Gasteiger partial charge in [0.05, 0.1) is 12.2 Å². The molecule has 1 aromatic rings. The van der Waals surface area contributed by atoms with Crippen LogP contribution in [-0.2, 0) is 0 Å². The predicted molar refractivity (Wildman–Crippen MR) is 75.2 cm³/mol. The topological polar surface area (TPSA) is 47.0 Å². The van der Waals surface area contributed by atoms with Crippen molar-refractivity contribution in [1.82, 2.24) is 9.97 Å². The zero-order valence-corrected chi connectivity index (χ0v) is 12.2. The van der Waals surface area contributed by atoms with Gasteiger partial charge in [0.1, 0.15) is 11.6 Å². The Hall–Kier alpha value is -1.32. The number of rotatable bonds is 7. The zero-order chi connectivity index (χ0) is 13.5. The van der Waals surface area contributed by atoms with Crippen LogP contribution >= 0.6 is 0 Å². The van der Waals surface area contributed by atoms with Crippen LogP contribution in [-0.4, -0.2) is 23.1 Å². The molecule has 0 aromatic carbocycles. The molecule has 1 heterocycles. The summed E-state index contributed by atoms with van der Waals surface area (Å²) in [5, 5.41) is 3.23. The third-order valence-electron chi connectivity index (χ3n) is 2.72. The van der Waals surface area contributed by atoms with E-state index in [1.807, 2.05) is 13.8 Å². The molecule has 0 amide bonds. The van der Waals surface area contributed by atoms with E-state index in [4.69, 9.17) is 4.74 Å². The molecule has 0 saturated carbocycles. The average Bonchev–Trinajstić information content (AvgIpc) is 2.30. The number of hydrogen-bond acceptors (Lipinski definition) is 4. The molecule has 0 atom stereocenters. The molecule has 4 heteroatoms. The van der Waals surface area contributed by atoms with Gasteiger partial charge < -0.3 is 10.1 Å². The second kappa shape index (κ2) is 7.19. The van der Waals surface area contributed by atoms with E-state index in [0.717, 1.165) is 42.7 Å². The Morgan fingerprint density at radius 1 is 1.22 bits per heavy atom. The molecule has 0 bridgehead atoms. The highest BCUT2D eigenvalue weighted by Crippen LogP contribution is 2.22. The van der Waals surface area contributed by atoms with Crippen LogP contribution in [0.2, 0.25) is 0 Å². The van der Waals surface area contributed by atoms with Crippen molar-refractivity contribution in [3.8, 4) is 5.88 Å². The van der Waals surface area contributed by atoms with Crippen LogP contribution in [0.1, 0.15) is 45.0 Å². The van der Waals surface area contributed by atoms with Crippen molar-refractivity contribution in [1.29, 1.82) is 0 Å². The van der Waals surface area contributed by atoms with Crippen molar-refractivity contribution in [3.63, 3.8) is 0 Å². The van der Waals surface area contributed by atoms with Crippen LogP contribution in [0.5, 0.6) is 5.88 Å². The van der Waals surface area contributed by atoms with Gasteiger partial charge in [-0.25, -0.2) is 4.98 Å². The Balaban J connectivity index is 2.64. The second-order valence-electron chi connectivity index (χ2n) is 4.96. The van der Waals surface area contributed by atoms with Gasteiger partial charge in [-0.2, -0.15) is 4.98 Å². The molecule has 0 unspecified atom stereocenters. The largest absolute Gasteiger partial charge is 0.477 e. The SMILES string of the molecule is CCNc1nc(C)nc(OCCCC(C)C)c1C. The summed E-state index contributed by atoms with van der Waals surface area (Å²) in [4.78, 5) is 8.74. The van der Waals surface area contributed by atoms with Gasteiger partial charge in [-0.1, -0.05) is 13.8 Å². The maximum atomic E-state index is 5.76. The summed E-state index contributed by atoms with van der Waals surface area (Å²) in [6, 6.07) is 0. The fraction of sp³-hybridized carbons (Fsp3) is 0.714. The molecule has 1 aromatic heterocycles. The molecule has 1 rings (SSSR count). The number of nitrogens with one attached hydrogen (secondary N) is 1. The fourth-order valence-electron chi connectivity index (χ4n) is 1.74.